The molecule has 1 saturated heterocycles. The molecular formula is C18H18N2O3. The van der Waals surface area contributed by atoms with Gasteiger partial charge in [0.1, 0.15) is 11.5 Å². The van der Waals surface area contributed by atoms with E-state index >= 15 is 0 Å². The van der Waals surface area contributed by atoms with E-state index in [0.717, 1.165) is 18.5 Å². The van der Waals surface area contributed by atoms with Gasteiger partial charge in [0.25, 0.3) is 5.91 Å². The number of carbonyl (C=O) groups is 1. The molecule has 23 heavy (non-hydrogen) atoms. The Labute approximate surface area is 134 Å². The Morgan fingerprint density at radius 2 is 2.04 bits per heavy atom. The first-order valence-electron chi connectivity index (χ1n) is 7.72. The number of hydrogen-bond acceptors (Lipinski definition) is 4. The van der Waals surface area contributed by atoms with Crippen molar-refractivity contribution in [3.63, 3.8) is 0 Å². The highest BCUT2D eigenvalue weighted by molar-refractivity contribution is 6.01. The van der Waals surface area contributed by atoms with Gasteiger partial charge < -0.3 is 14.7 Å². The average Bonchev–Trinajstić information content (AvgIpc) is 2.85. The van der Waals surface area contributed by atoms with Crippen molar-refractivity contribution in [2.24, 2.45) is 0 Å². The number of benzene rings is 2. The minimum Gasteiger partial charge on any atom is -0.507 e. The molecule has 2 aromatic carbocycles. The lowest BCUT2D eigenvalue weighted by Gasteiger charge is -2.44. The Morgan fingerprint density at radius 3 is 2.83 bits per heavy atom. The third-order valence-corrected chi connectivity index (χ3v) is 4.73. The summed E-state index contributed by atoms with van der Waals surface area (Å²) in [7, 11) is 1.56. The SMILES string of the molecule is COc1ccc(C23NCCCN2C(=O)c2ccccc23)c(O)c1. The summed E-state index contributed by atoms with van der Waals surface area (Å²) in [6, 6.07) is 12.8. The van der Waals surface area contributed by atoms with Gasteiger partial charge in [-0.2, -0.15) is 0 Å². The fraction of sp³-hybridized carbons (Fsp3) is 0.278. The number of fused-ring (bicyclic) bond motifs is 3. The van der Waals surface area contributed by atoms with Crippen molar-refractivity contribution >= 4 is 5.91 Å². The van der Waals surface area contributed by atoms with E-state index in [9.17, 15) is 9.90 Å². The molecule has 1 fully saturated rings. The van der Waals surface area contributed by atoms with E-state index in [4.69, 9.17) is 4.74 Å². The number of rotatable bonds is 2. The Balaban J connectivity index is 1.98. The van der Waals surface area contributed by atoms with Crippen LogP contribution in [0.3, 0.4) is 0 Å². The van der Waals surface area contributed by atoms with E-state index in [1.807, 2.05) is 41.3 Å². The van der Waals surface area contributed by atoms with E-state index in [1.54, 1.807) is 13.2 Å². The van der Waals surface area contributed by atoms with Crippen LogP contribution in [-0.4, -0.2) is 36.1 Å². The number of aromatic hydroxyl groups is 1. The molecule has 0 spiro atoms. The van der Waals surface area contributed by atoms with Crippen LogP contribution >= 0.6 is 0 Å². The van der Waals surface area contributed by atoms with Crippen LogP contribution in [0.1, 0.15) is 27.9 Å². The van der Waals surface area contributed by atoms with Crippen molar-refractivity contribution in [3.05, 3.63) is 59.2 Å². The van der Waals surface area contributed by atoms with Crippen LogP contribution in [0.25, 0.3) is 0 Å². The van der Waals surface area contributed by atoms with Crippen LogP contribution in [0, 0.1) is 0 Å². The fourth-order valence-electron chi connectivity index (χ4n) is 3.72. The largest absolute Gasteiger partial charge is 0.507 e. The summed E-state index contributed by atoms with van der Waals surface area (Å²) < 4.78 is 5.18. The Morgan fingerprint density at radius 1 is 1.22 bits per heavy atom. The summed E-state index contributed by atoms with van der Waals surface area (Å²) >= 11 is 0. The predicted octanol–water partition coefficient (Wildman–Crippen LogP) is 2.05. The molecule has 2 N–H and O–H groups in total. The fourth-order valence-corrected chi connectivity index (χ4v) is 3.72. The summed E-state index contributed by atoms with van der Waals surface area (Å²) in [5.74, 6) is 0.707. The lowest BCUT2D eigenvalue weighted by molar-refractivity contribution is 0.0450. The zero-order valence-electron chi connectivity index (χ0n) is 12.9. The second-order valence-electron chi connectivity index (χ2n) is 5.88. The topological polar surface area (TPSA) is 61.8 Å². The van der Waals surface area contributed by atoms with Gasteiger partial charge in [0.2, 0.25) is 0 Å². The Kier molecular flexibility index (Phi) is 3.06. The second-order valence-corrected chi connectivity index (χ2v) is 5.88. The van der Waals surface area contributed by atoms with Crippen molar-refractivity contribution in [1.29, 1.82) is 0 Å². The van der Waals surface area contributed by atoms with Gasteiger partial charge in [0.15, 0.2) is 5.66 Å². The zero-order chi connectivity index (χ0) is 16.0. The number of hydrogen-bond donors (Lipinski definition) is 2. The number of amides is 1. The number of ether oxygens (including phenoxy) is 1. The third kappa shape index (κ3) is 1.80. The van der Waals surface area contributed by atoms with E-state index in [1.165, 1.54) is 0 Å². The molecule has 1 atom stereocenters. The van der Waals surface area contributed by atoms with Crippen LogP contribution in [0.5, 0.6) is 11.5 Å². The van der Waals surface area contributed by atoms with Crippen LogP contribution in [0.15, 0.2) is 42.5 Å². The molecule has 0 bridgehead atoms. The molecule has 118 valence electrons. The maximum Gasteiger partial charge on any atom is 0.256 e. The molecule has 0 saturated carbocycles. The van der Waals surface area contributed by atoms with Gasteiger partial charge in [-0.1, -0.05) is 18.2 Å². The smallest absolute Gasteiger partial charge is 0.256 e. The number of carbonyl (C=O) groups excluding carboxylic acids is 1. The van der Waals surface area contributed by atoms with Gasteiger partial charge in [0, 0.05) is 29.3 Å². The predicted molar refractivity (Wildman–Crippen MR) is 85.5 cm³/mol. The second kappa shape index (κ2) is 4.99. The summed E-state index contributed by atoms with van der Waals surface area (Å²) in [4.78, 5) is 14.6. The number of phenolic OH excluding ortho intramolecular Hbond substituents is 1. The van der Waals surface area contributed by atoms with E-state index in [0.29, 0.717) is 23.4 Å². The molecule has 2 aliphatic heterocycles. The van der Waals surface area contributed by atoms with Crippen LogP contribution in [0.4, 0.5) is 0 Å². The molecule has 5 nitrogen and oxygen atoms in total. The number of phenols is 1. The minimum absolute atomic E-state index is 0.00279. The van der Waals surface area contributed by atoms with Crippen molar-refractivity contribution in [1.82, 2.24) is 10.2 Å². The Hall–Kier alpha value is -2.53. The molecule has 2 aliphatic rings. The summed E-state index contributed by atoms with van der Waals surface area (Å²) in [6.45, 7) is 1.44. The van der Waals surface area contributed by atoms with Gasteiger partial charge in [-0.25, -0.2) is 0 Å². The molecule has 2 aromatic rings. The maximum absolute atomic E-state index is 12.8. The molecular weight excluding hydrogens is 292 g/mol. The summed E-state index contributed by atoms with van der Waals surface area (Å²) in [5.41, 5.74) is 1.46. The number of methoxy groups -OCH3 is 1. The molecule has 0 radical (unpaired) electrons. The van der Waals surface area contributed by atoms with Gasteiger partial charge in [-0.05, 0) is 31.2 Å². The van der Waals surface area contributed by atoms with Crippen LogP contribution < -0.4 is 10.1 Å². The molecule has 1 unspecified atom stereocenters. The lowest BCUT2D eigenvalue weighted by Crippen LogP contribution is -2.59. The highest BCUT2D eigenvalue weighted by atomic mass is 16.5. The van der Waals surface area contributed by atoms with E-state index in [2.05, 4.69) is 5.32 Å². The van der Waals surface area contributed by atoms with Crippen molar-refractivity contribution < 1.29 is 14.6 Å². The maximum atomic E-state index is 12.8. The van der Waals surface area contributed by atoms with Crippen LogP contribution in [0.2, 0.25) is 0 Å². The van der Waals surface area contributed by atoms with Crippen molar-refractivity contribution in [2.45, 2.75) is 12.1 Å². The summed E-state index contributed by atoms with van der Waals surface area (Å²) in [6.07, 6.45) is 0.887. The minimum atomic E-state index is -0.803. The van der Waals surface area contributed by atoms with E-state index in [-0.39, 0.29) is 11.7 Å². The first-order chi connectivity index (χ1) is 11.2. The van der Waals surface area contributed by atoms with Gasteiger partial charge in [0.05, 0.1) is 7.11 Å². The normalized spacial score (nSPS) is 22.7. The quantitative estimate of drug-likeness (QED) is 0.891. The number of nitrogens with one attached hydrogen (secondary N) is 1. The number of nitrogens with zero attached hydrogens (tertiary/aromatic N) is 1. The molecule has 0 aliphatic carbocycles. The summed E-state index contributed by atoms with van der Waals surface area (Å²) in [5, 5.41) is 14.1. The van der Waals surface area contributed by atoms with Crippen molar-refractivity contribution in [3.8, 4) is 11.5 Å². The third-order valence-electron chi connectivity index (χ3n) is 4.73. The first kappa shape index (κ1) is 14.1. The Bertz CT molecular complexity index is 790. The van der Waals surface area contributed by atoms with Crippen LogP contribution in [-0.2, 0) is 5.66 Å². The molecule has 1 amide bonds. The first-order valence-corrected chi connectivity index (χ1v) is 7.72. The highest BCUT2D eigenvalue weighted by Gasteiger charge is 2.52. The zero-order valence-corrected chi connectivity index (χ0v) is 12.9. The van der Waals surface area contributed by atoms with Gasteiger partial charge in [-0.3, -0.25) is 10.1 Å². The average molecular weight is 310 g/mol. The highest BCUT2D eigenvalue weighted by Crippen LogP contribution is 2.46. The molecule has 5 heteroatoms. The van der Waals surface area contributed by atoms with Gasteiger partial charge >= 0.3 is 0 Å². The van der Waals surface area contributed by atoms with Gasteiger partial charge in [-0.15, -0.1) is 0 Å². The van der Waals surface area contributed by atoms with Crippen molar-refractivity contribution in [2.75, 3.05) is 20.2 Å². The van der Waals surface area contributed by atoms with E-state index < -0.39 is 5.66 Å². The molecule has 4 rings (SSSR count). The molecule has 2 heterocycles. The monoisotopic (exact) mass is 310 g/mol. The standard InChI is InChI=1S/C18H18N2O3/c1-23-12-7-8-15(16(21)11-12)18-14-6-3-2-5-13(14)17(22)20(18)10-4-9-19-18/h2-3,5-8,11,19,21H,4,9-10H2,1H3. The molecule has 0 aromatic heterocycles. The lowest BCUT2D eigenvalue weighted by atomic mass is 9.88.